The van der Waals surface area contributed by atoms with Gasteiger partial charge in [0.05, 0.1) is 5.60 Å². The third-order valence-electron chi connectivity index (χ3n) is 1.70. The number of nitrogens with zero attached hydrogens (tertiary/aromatic N) is 1. The number of hydrogen-bond acceptors (Lipinski definition) is 3. The van der Waals surface area contributed by atoms with Gasteiger partial charge in [-0.05, 0) is 26.7 Å². The number of nitrogens with two attached hydrogens (primary N) is 1. The minimum Gasteiger partial charge on any atom is -0.379 e. The summed E-state index contributed by atoms with van der Waals surface area (Å²) < 4.78 is 4.94. The van der Waals surface area contributed by atoms with Gasteiger partial charge in [-0.2, -0.15) is 0 Å². The van der Waals surface area contributed by atoms with E-state index < -0.39 is 0 Å². The van der Waals surface area contributed by atoms with Gasteiger partial charge in [0, 0.05) is 26.4 Å². The molecule has 0 fully saturated rings. The van der Waals surface area contributed by atoms with Crippen molar-refractivity contribution in [2.75, 3.05) is 14.2 Å². The Hall–Kier alpha value is -0.410. The molecule has 0 aromatic rings. The van der Waals surface area contributed by atoms with Gasteiger partial charge in [0.15, 0.2) is 0 Å². The summed E-state index contributed by atoms with van der Waals surface area (Å²) in [5, 5.41) is 0. The number of aliphatic imine (C=N–C) groups is 1. The molecular formula is C11H26N2O. The zero-order chi connectivity index (χ0) is 11.8. The molecule has 0 bridgehead atoms. The lowest BCUT2D eigenvalue weighted by atomic mass is 10.1. The van der Waals surface area contributed by atoms with E-state index in [1.807, 2.05) is 20.8 Å². The first-order valence-electron chi connectivity index (χ1n) is 4.97. The van der Waals surface area contributed by atoms with E-state index in [0.717, 1.165) is 0 Å². The second kappa shape index (κ2) is 7.94. The predicted octanol–water partition coefficient (Wildman–Crippen LogP) is 2.10. The Kier molecular flexibility index (Phi) is 9.10. The van der Waals surface area contributed by atoms with Crippen LogP contribution < -0.4 is 5.73 Å². The summed E-state index contributed by atoms with van der Waals surface area (Å²) in [7, 11) is 3.45. The summed E-state index contributed by atoms with van der Waals surface area (Å²) in [5.74, 6) is 0.499. The highest BCUT2D eigenvalue weighted by Gasteiger charge is 2.04. The van der Waals surface area contributed by atoms with Crippen molar-refractivity contribution < 1.29 is 4.74 Å². The molecule has 0 aromatic carbocycles. The highest BCUT2D eigenvalue weighted by molar-refractivity contribution is 5.63. The summed E-state index contributed by atoms with van der Waals surface area (Å²) in [6, 6.07) is 0.125. The number of ether oxygens (including phenoxy) is 1. The van der Waals surface area contributed by atoms with E-state index in [-0.39, 0.29) is 11.6 Å². The highest BCUT2D eigenvalue weighted by Crippen LogP contribution is 2.02. The maximum absolute atomic E-state index is 5.58. The Morgan fingerprint density at radius 1 is 1.29 bits per heavy atom. The Morgan fingerprint density at radius 2 is 1.64 bits per heavy atom. The third kappa shape index (κ3) is 14.1. The molecule has 86 valence electrons. The molecule has 14 heavy (non-hydrogen) atoms. The first-order valence-corrected chi connectivity index (χ1v) is 4.97. The van der Waals surface area contributed by atoms with Gasteiger partial charge in [0.25, 0.3) is 0 Å². The van der Waals surface area contributed by atoms with Crippen LogP contribution >= 0.6 is 0 Å². The van der Waals surface area contributed by atoms with Crippen molar-refractivity contribution in [3.05, 3.63) is 0 Å². The summed E-state index contributed by atoms with van der Waals surface area (Å²) in [6.45, 7) is 10.2. The van der Waals surface area contributed by atoms with Crippen molar-refractivity contribution in [2.24, 2.45) is 16.6 Å². The van der Waals surface area contributed by atoms with Crippen molar-refractivity contribution in [2.45, 2.75) is 46.3 Å². The summed E-state index contributed by atoms with van der Waals surface area (Å²) >= 11 is 0. The summed E-state index contributed by atoms with van der Waals surface area (Å²) in [4.78, 5) is 3.81. The molecule has 0 heterocycles. The van der Waals surface area contributed by atoms with E-state index in [0.29, 0.717) is 5.92 Å². The maximum Gasteiger partial charge on any atom is 0.0594 e. The molecule has 2 N–H and O–H groups in total. The average Bonchev–Trinajstić information content (AvgIpc) is 2.04. The molecule has 0 amide bonds. The van der Waals surface area contributed by atoms with E-state index >= 15 is 0 Å². The quantitative estimate of drug-likeness (QED) is 0.697. The van der Waals surface area contributed by atoms with Crippen LogP contribution in [0.4, 0.5) is 0 Å². The van der Waals surface area contributed by atoms with Crippen molar-refractivity contribution >= 4 is 6.21 Å². The molecule has 0 aromatic heterocycles. The minimum atomic E-state index is 0.0417. The number of rotatable bonds is 2. The van der Waals surface area contributed by atoms with Crippen molar-refractivity contribution in [1.29, 1.82) is 0 Å². The normalized spacial score (nSPS) is 14.1. The monoisotopic (exact) mass is 202 g/mol. The van der Waals surface area contributed by atoms with Crippen LogP contribution in [-0.2, 0) is 4.74 Å². The van der Waals surface area contributed by atoms with Crippen LogP contribution in [0.25, 0.3) is 0 Å². The van der Waals surface area contributed by atoms with Crippen molar-refractivity contribution in [3.63, 3.8) is 0 Å². The molecule has 0 aliphatic carbocycles. The zero-order valence-electron chi connectivity index (χ0n) is 10.7. The standard InChI is InChI=1S/C6H14N2.C5H12O/c1-5(2)6(7)4-8-3;1-5(2,3)6-4/h4-6H,7H2,1-3H3;1-4H3. The van der Waals surface area contributed by atoms with Gasteiger partial charge in [0.1, 0.15) is 0 Å². The SMILES string of the molecule is CN=CC(N)C(C)C.COC(C)(C)C. The lowest BCUT2D eigenvalue weighted by molar-refractivity contribution is 0.0397. The fourth-order valence-electron chi connectivity index (χ4n) is 0.344. The van der Waals surface area contributed by atoms with Crippen molar-refractivity contribution in [3.8, 4) is 0 Å². The Labute approximate surface area is 88.7 Å². The van der Waals surface area contributed by atoms with Crippen LogP contribution in [-0.4, -0.2) is 32.0 Å². The largest absolute Gasteiger partial charge is 0.379 e. The molecule has 1 unspecified atom stereocenters. The molecular weight excluding hydrogens is 176 g/mol. The summed E-state index contributed by atoms with van der Waals surface area (Å²) in [6.07, 6.45) is 1.77. The molecule has 3 nitrogen and oxygen atoms in total. The van der Waals surface area contributed by atoms with Crippen LogP contribution in [0.15, 0.2) is 4.99 Å². The molecule has 0 radical (unpaired) electrons. The first-order chi connectivity index (χ1) is 6.24. The van der Waals surface area contributed by atoms with E-state index in [2.05, 4.69) is 18.8 Å². The number of hydrogen-bond donors (Lipinski definition) is 1. The Morgan fingerprint density at radius 3 is 1.71 bits per heavy atom. The smallest absolute Gasteiger partial charge is 0.0594 e. The molecule has 0 saturated carbocycles. The molecule has 0 rings (SSSR count). The molecule has 0 spiro atoms. The van der Waals surface area contributed by atoms with Gasteiger partial charge < -0.3 is 10.5 Å². The Balaban J connectivity index is 0. The minimum absolute atomic E-state index is 0.0417. The van der Waals surface area contributed by atoms with Crippen LogP contribution in [0.1, 0.15) is 34.6 Å². The molecule has 0 aliphatic rings. The van der Waals surface area contributed by atoms with Crippen LogP contribution in [0.2, 0.25) is 0 Å². The highest BCUT2D eigenvalue weighted by atomic mass is 16.5. The average molecular weight is 202 g/mol. The van der Waals surface area contributed by atoms with Gasteiger partial charge in [0.2, 0.25) is 0 Å². The zero-order valence-corrected chi connectivity index (χ0v) is 10.7. The maximum atomic E-state index is 5.58. The second-order valence-corrected chi connectivity index (χ2v) is 4.55. The fourth-order valence-corrected chi connectivity index (χ4v) is 0.344. The van der Waals surface area contributed by atoms with Gasteiger partial charge >= 0.3 is 0 Å². The lowest BCUT2D eigenvalue weighted by Gasteiger charge is -2.14. The number of methoxy groups -OCH3 is 1. The van der Waals surface area contributed by atoms with E-state index in [4.69, 9.17) is 10.5 Å². The van der Waals surface area contributed by atoms with Gasteiger partial charge in [-0.3, -0.25) is 4.99 Å². The van der Waals surface area contributed by atoms with Gasteiger partial charge in [-0.15, -0.1) is 0 Å². The van der Waals surface area contributed by atoms with Gasteiger partial charge in [-0.1, -0.05) is 13.8 Å². The molecule has 1 atom stereocenters. The van der Waals surface area contributed by atoms with E-state index in [1.54, 1.807) is 20.4 Å². The molecule has 3 heteroatoms. The van der Waals surface area contributed by atoms with E-state index in [1.165, 1.54) is 0 Å². The third-order valence-corrected chi connectivity index (χ3v) is 1.70. The van der Waals surface area contributed by atoms with Crippen LogP contribution in [0, 0.1) is 5.92 Å². The van der Waals surface area contributed by atoms with E-state index in [9.17, 15) is 0 Å². The lowest BCUT2D eigenvalue weighted by Crippen LogP contribution is -2.27. The first kappa shape index (κ1) is 16.0. The molecule has 0 saturated heterocycles. The fraction of sp³-hybridized carbons (Fsp3) is 0.909. The Bertz CT molecular complexity index is 148. The van der Waals surface area contributed by atoms with Crippen molar-refractivity contribution in [1.82, 2.24) is 0 Å². The topological polar surface area (TPSA) is 47.6 Å². The molecule has 0 aliphatic heterocycles. The second-order valence-electron chi connectivity index (χ2n) is 4.55. The van der Waals surface area contributed by atoms with Gasteiger partial charge in [-0.25, -0.2) is 0 Å². The van der Waals surface area contributed by atoms with Crippen LogP contribution in [0.5, 0.6) is 0 Å². The summed E-state index contributed by atoms with van der Waals surface area (Å²) in [5.41, 5.74) is 5.62. The predicted molar refractivity (Wildman–Crippen MR) is 64.0 cm³/mol. The van der Waals surface area contributed by atoms with Crippen LogP contribution in [0.3, 0.4) is 0 Å².